The summed E-state index contributed by atoms with van der Waals surface area (Å²) in [6.45, 7) is 8.51. The van der Waals surface area contributed by atoms with E-state index >= 15 is 0 Å². The molecule has 0 saturated carbocycles. The highest BCUT2D eigenvalue weighted by molar-refractivity contribution is 6.34. The van der Waals surface area contributed by atoms with Gasteiger partial charge in [-0.25, -0.2) is 0 Å². The minimum atomic E-state index is -0.157. The number of piperazine rings is 1. The smallest absolute Gasteiger partial charge is 0.255 e. The first-order valence-electron chi connectivity index (χ1n) is 9.60. The lowest BCUT2D eigenvalue weighted by molar-refractivity contribution is -0.131. The summed E-state index contributed by atoms with van der Waals surface area (Å²) in [5.74, 6) is 0.0114. The van der Waals surface area contributed by atoms with E-state index in [-0.39, 0.29) is 11.8 Å². The normalized spacial score (nSPS) is 14.1. The number of hydrogen-bond acceptors (Lipinski definition) is 3. The first-order chi connectivity index (χ1) is 13.4. The van der Waals surface area contributed by atoms with Gasteiger partial charge in [0.1, 0.15) is 0 Å². The Morgan fingerprint density at radius 1 is 1.04 bits per heavy atom. The number of carbonyl (C=O) groups is 2. The average molecular weight is 400 g/mol. The Balaban J connectivity index is 1.81. The van der Waals surface area contributed by atoms with Gasteiger partial charge in [-0.05, 0) is 38.1 Å². The molecule has 2 amide bonds. The van der Waals surface area contributed by atoms with Crippen molar-refractivity contribution in [3.05, 3.63) is 58.1 Å². The molecular weight excluding hydrogens is 374 g/mol. The standard InChI is InChI=1S/C22H26ClN3O2/c1-4-20(27)25-8-10-26(11-9-25)21-18(23)6-5-7-19(21)24-22(28)17-13-15(2)12-16(3)14-17/h5-7,12-14H,4,8-11H2,1-3H3,(H,24,28). The maximum absolute atomic E-state index is 12.8. The Morgan fingerprint density at radius 3 is 2.29 bits per heavy atom. The molecule has 0 aromatic heterocycles. The lowest BCUT2D eigenvalue weighted by Crippen LogP contribution is -2.48. The van der Waals surface area contributed by atoms with Gasteiger partial charge < -0.3 is 15.1 Å². The third-order valence-electron chi connectivity index (χ3n) is 4.97. The van der Waals surface area contributed by atoms with E-state index in [9.17, 15) is 9.59 Å². The average Bonchev–Trinajstić information content (AvgIpc) is 2.67. The molecule has 5 nitrogen and oxygen atoms in total. The van der Waals surface area contributed by atoms with Gasteiger partial charge in [0.2, 0.25) is 5.91 Å². The summed E-state index contributed by atoms with van der Waals surface area (Å²) < 4.78 is 0. The molecule has 3 rings (SSSR count). The van der Waals surface area contributed by atoms with Crippen molar-refractivity contribution in [2.24, 2.45) is 0 Å². The summed E-state index contributed by atoms with van der Waals surface area (Å²) in [7, 11) is 0. The molecule has 1 fully saturated rings. The fourth-order valence-corrected chi connectivity index (χ4v) is 3.93. The van der Waals surface area contributed by atoms with Crippen LogP contribution >= 0.6 is 11.6 Å². The van der Waals surface area contributed by atoms with Gasteiger partial charge in [-0.1, -0.05) is 41.8 Å². The van der Waals surface area contributed by atoms with E-state index < -0.39 is 0 Å². The molecule has 0 radical (unpaired) electrons. The van der Waals surface area contributed by atoms with Gasteiger partial charge in [-0.2, -0.15) is 0 Å². The van der Waals surface area contributed by atoms with Crippen molar-refractivity contribution in [1.29, 1.82) is 0 Å². The quantitative estimate of drug-likeness (QED) is 0.835. The fraction of sp³-hybridized carbons (Fsp3) is 0.364. The molecule has 0 aliphatic carbocycles. The number of benzene rings is 2. The van der Waals surface area contributed by atoms with Crippen LogP contribution in [0.25, 0.3) is 0 Å². The number of nitrogens with zero attached hydrogens (tertiary/aromatic N) is 2. The second-order valence-electron chi connectivity index (χ2n) is 7.19. The molecule has 0 bridgehead atoms. The molecule has 28 heavy (non-hydrogen) atoms. The summed E-state index contributed by atoms with van der Waals surface area (Å²) in [6, 6.07) is 11.3. The van der Waals surface area contributed by atoms with Crippen molar-refractivity contribution in [2.75, 3.05) is 36.4 Å². The van der Waals surface area contributed by atoms with E-state index in [1.54, 1.807) is 0 Å². The van der Waals surface area contributed by atoms with E-state index in [1.807, 2.05) is 62.1 Å². The number of nitrogens with one attached hydrogen (secondary N) is 1. The highest BCUT2D eigenvalue weighted by atomic mass is 35.5. The topological polar surface area (TPSA) is 52.7 Å². The maximum Gasteiger partial charge on any atom is 0.255 e. The van der Waals surface area contributed by atoms with E-state index in [4.69, 9.17) is 11.6 Å². The van der Waals surface area contributed by atoms with Crippen LogP contribution in [0.1, 0.15) is 34.8 Å². The van der Waals surface area contributed by atoms with Crippen LogP contribution in [0, 0.1) is 13.8 Å². The molecule has 1 aliphatic heterocycles. The van der Waals surface area contributed by atoms with Crippen LogP contribution in [-0.2, 0) is 4.79 Å². The van der Waals surface area contributed by atoms with E-state index in [0.29, 0.717) is 48.9 Å². The fourth-order valence-electron chi connectivity index (χ4n) is 3.64. The summed E-state index contributed by atoms with van der Waals surface area (Å²) in [4.78, 5) is 28.8. The van der Waals surface area contributed by atoms with Crippen LogP contribution in [0.3, 0.4) is 0 Å². The van der Waals surface area contributed by atoms with E-state index in [1.165, 1.54) is 0 Å². The van der Waals surface area contributed by atoms with Crippen LogP contribution < -0.4 is 10.2 Å². The molecule has 0 spiro atoms. The Hall–Kier alpha value is -2.53. The zero-order valence-electron chi connectivity index (χ0n) is 16.6. The van der Waals surface area contributed by atoms with Crippen LogP contribution in [-0.4, -0.2) is 42.9 Å². The molecule has 1 aliphatic rings. The number of amides is 2. The van der Waals surface area contributed by atoms with Gasteiger partial charge in [0.05, 0.1) is 16.4 Å². The zero-order valence-corrected chi connectivity index (χ0v) is 17.3. The molecule has 1 saturated heterocycles. The minimum Gasteiger partial charge on any atom is -0.365 e. The molecular formula is C22H26ClN3O2. The molecule has 148 valence electrons. The van der Waals surface area contributed by atoms with Crippen molar-refractivity contribution < 1.29 is 9.59 Å². The first kappa shape index (κ1) is 20.2. The summed E-state index contributed by atoms with van der Waals surface area (Å²) in [6.07, 6.45) is 0.517. The number of aryl methyl sites for hydroxylation is 2. The number of rotatable bonds is 4. The predicted octanol–water partition coefficient (Wildman–Crippen LogP) is 4.27. The number of carbonyl (C=O) groups excluding carboxylic acids is 2. The number of para-hydroxylation sites is 1. The van der Waals surface area contributed by atoms with Gasteiger partial charge in [0.15, 0.2) is 0 Å². The molecule has 1 heterocycles. The second kappa shape index (κ2) is 8.65. The Labute approximate surface area is 171 Å². The number of hydrogen-bond donors (Lipinski definition) is 1. The van der Waals surface area contributed by atoms with E-state index in [2.05, 4.69) is 10.2 Å². The number of halogens is 1. The molecule has 0 unspecified atom stereocenters. The van der Waals surface area contributed by atoms with Crippen molar-refractivity contribution in [3.8, 4) is 0 Å². The van der Waals surface area contributed by atoms with Crippen molar-refractivity contribution in [1.82, 2.24) is 4.90 Å². The third-order valence-corrected chi connectivity index (χ3v) is 5.27. The largest absolute Gasteiger partial charge is 0.365 e. The lowest BCUT2D eigenvalue weighted by Gasteiger charge is -2.37. The van der Waals surface area contributed by atoms with Crippen LogP contribution in [0.4, 0.5) is 11.4 Å². The summed E-state index contributed by atoms with van der Waals surface area (Å²) in [5.41, 5.74) is 4.22. The first-order valence-corrected chi connectivity index (χ1v) is 9.97. The molecule has 0 atom stereocenters. The lowest BCUT2D eigenvalue weighted by atomic mass is 10.1. The molecule has 2 aromatic carbocycles. The zero-order chi connectivity index (χ0) is 20.3. The van der Waals surface area contributed by atoms with Gasteiger partial charge in [0.25, 0.3) is 5.91 Å². The van der Waals surface area contributed by atoms with Gasteiger partial charge in [-0.3, -0.25) is 9.59 Å². The minimum absolute atomic E-state index is 0.157. The Bertz CT molecular complexity index is 869. The molecule has 2 aromatic rings. The van der Waals surface area contributed by atoms with Crippen LogP contribution in [0.5, 0.6) is 0 Å². The van der Waals surface area contributed by atoms with Gasteiger partial charge in [0, 0.05) is 38.2 Å². The summed E-state index contributed by atoms with van der Waals surface area (Å²) in [5, 5.41) is 3.61. The Morgan fingerprint density at radius 2 is 1.68 bits per heavy atom. The van der Waals surface area contributed by atoms with Crippen molar-refractivity contribution in [2.45, 2.75) is 27.2 Å². The Kier molecular flexibility index (Phi) is 6.25. The highest BCUT2D eigenvalue weighted by Crippen LogP contribution is 2.35. The van der Waals surface area contributed by atoms with Crippen molar-refractivity contribution in [3.63, 3.8) is 0 Å². The highest BCUT2D eigenvalue weighted by Gasteiger charge is 2.24. The second-order valence-corrected chi connectivity index (χ2v) is 7.60. The van der Waals surface area contributed by atoms with E-state index in [0.717, 1.165) is 16.8 Å². The maximum atomic E-state index is 12.8. The monoisotopic (exact) mass is 399 g/mol. The van der Waals surface area contributed by atoms with Crippen LogP contribution in [0.2, 0.25) is 5.02 Å². The van der Waals surface area contributed by atoms with Crippen LogP contribution in [0.15, 0.2) is 36.4 Å². The number of anilines is 2. The van der Waals surface area contributed by atoms with Gasteiger partial charge in [-0.15, -0.1) is 0 Å². The SMILES string of the molecule is CCC(=O)N1CCN(c2c(Cl)cccc2NC(=O)c2cc(C)cc(C)c2)CC1. The molecule has 1 N–H and O–H groups in total. The van der Waals surface area contributed by atoms with Crippen molar-refractivity contribution >= 4 is 34.8 Å². The third kappa shape index (κ3) is 4.47. The predicted molar refractivity (Wildman–Crippen MR) is 114 cm³/mol. The molecule has 6 heteroatoms. The van der Waals surface area contributed by atoms with Gasteiger partial charge >= 0.3 is 0 Å². The summed E-state index contributed by atoms with van der Waals surface area (Å²) >= 11 is 6.50.